The normalized spacial score (nSPS) is 19.7. The molecule has 0 aromatic heterocycles. The molecular formula is C20H29N3O4S. The molecule has 3 rings (SSSR count). The van der Waals surface area contributed by atoms with Crippen molar-refractivity contribution in [2.24, 2.45) is 11.7 Å². The lowest BCUT2D eigenvalue weighted by molar-refractivity contribution is -0.135. The van der Waals surface area contributed by atoms with Gasteiger partial charge in [-0.1, -0.05) is 37.5 Å². The van der Waals surface area contributed by atoms with Crippen LogP contribution in [0.4, 0.5) is 0 Å². The number of rotatable bonds is 6. The fourth-order valence-electron chi connectivity index (χ4n) is 4.15. The molecule has 0 radical (unpaired) electrons. The Balaban J connectivity index is 1.76. The molecule has 28 heavy (non-hydrogen) atoms. The Morgan fingerprint density at radius 1 is 1.00 bits per heavy atom. The minimum Gasteiger partial charge on any atom is -0.369 e. The highest BCUT2D eigenvalue weighted by atomic mass is 32.2. The van der Waals surface area contributed by atoms with Gasteiger partial charge in [-0.05, 0) is 37.8 Å². The molecule has 0 spiro atoms. The van der Waals surface area contributed by atoms with Gasteiger partial charge in [-0.15, -0.1) is 0 Å². The first kappa shape index (κ1) is 20.8. The van der Waals surface area contributed by atoms with Crippen molar-refractivity contribution in [3.05, 3.63) is 30.3 Å². The molecule has 1 aliphatic carbocycles. The predicted molar refractivity (Wildman–Crippen MR) is 106 cm³/mol. The maximum Gasteiger partial charge on any atom is 0.243 e. The number of hydrogen-bond acceptors (Lipinski definition) is 4. The van der Waals surface area contributed by atoms with Crippen LogP contribution in [-0.2, 0) is 19.6 Å². The van der Waals surface area contributed by atoms with Crippen LogP contribution in [0.15, 0.2) is 35.2 Å². The molecule has 1 aromatic rings. The molecule has 1 saturated heterocycles. The van der Waals surface area contributed by atoms with E-state index in [9.17, 15) is 18.0 Å². The lowest BCUT2D eigenvalue weighted by Crippen LogP contribution is -2.50. The van der Waals surface area contributed by atoms with Crippen molar-refractivity contribution in [3.8, 4) is 0 Å². The van der Waals surface area contributed by atoms with Crippen molar-refractivity contribution in [3.63, 3.8) is 0 Å². The number of carbonyl (C=O) groups excluding carboxylic acids is 2. The third-order valence-corrected chi connectivity index (χ3v) is 7.79. The smallest absolute Gasteiger partial charge is 0.243 e. The van der Waals surface area contributed by atoms with Gasteiger partial charge in [0.25, 0.3) is 0 Å². The van der Waals surface area contributed by atoms with Crippen molar-refractivity contribution in [2.45, 2.75) is 55.9 Å². The van der Waals surface area contributed by atoms with E-state index in [2.05, 4.69) is 0 Å². The molecule has 1 heterocycles. The lowest BCUT2D eigenvalue weighted by atomic mass is 9.95. The molecular weight excluding hydrogens is 378 g/mol. The zero-order chi connectivity index (χ0) is 20.1. The van der Waals surface area contributed by atoms with Gasteiger partial charge in [0, 0.05) is 25.0 Å². The van der Waals surface area contributed by atoms with Crippen LogP contribution < -0.4 is 5.73 Å². The zero-order valence-electron chi connectivity index (χ0n) is 16.1. The number of primary amides is 1. The lowest BCUT2D eigenvalue weighted by Gasteiger charge is -2.36. The minimum atomic E-state index is -3.75. The Hall–Kier alpha value is -1.93. The maximum absolute atomic E-state index is 13.3. The van der Waals surface area contributed by atoms with Crippen molar-refractivity contribution >= 4 is 21.8 Å². The van der Waals surface area contributed by atoms with Crippen LogP contribution >= 0.6 is 0 Å². The van der Waals surface area contributed by atoms with E-state index >= 15 is 0 Å². The minimum absolute atomic E-state index is 0.147. The van der Waals surface area contributed by atoms with Crippen LogP contribution in [0, 0.1) is 5.92 Å². The monoisotopic (exact) mass is 407 g/mol. The van der Waals surface area contributed by atoms with Crippen LogP contribution in [-0.4, -0.2) is 55.1 Å². The Morgan fingerprint density at radius 2 is 1.61 bits per heavy atom. The number of nitrogens with two attached hydrogens (primary N) is 1. The van der Waals surface area contributed by atoms with E-state index < -0.39 is 10.0 Å². The third-order valence-electron chi connectivity index (χ3n) is 5.87. The van der Waals surface area contributed by atoms with Crippen LogP contribution in [0.25, 0.3) is 0 Å². The molecule has 2 aliphatic rings. The summed E-state index contributed by atoms with van der Waals surface area (Å²) in [5, 5.41) is 0. The number of carbonyl (C=O) groups is 2. The first-order chi connectivity index (χ1) is 13.4. The Kier molecular flexibility index (Phi) is 6.72. The molecule has 1 aromatic carbocycles. The highest BCUT2D eigenvalue weighted by molar-refractivity contribution is 7.89. The first-order valence-corrected chi connectivity index (χ1v) is 11.5. The number of benzene rings is 1. The second-order valence-electron chi connectivity index (χ2n) is 7.71. The average Bonchev–Trinajstić information content (AvgIpc) is 2.73. The topological polar surface area (TPSA) is 101 Å². The van der Waals surface area contributed by atoms with Crippen molar-refractivity contribution in [2.75, 3.05) is 19.6 Å². The van der Waals surface area contributed by atoms with Crippen LogP contribution in [0.3, 0.4) is 0 Å². The highest BCUT2D eigenvalue weighted by Gasteiger charge is 2.35. The van der Waals surface area contributed by atoms with Gasteiger partial charge in [0.1, 0.15) is 0 Å². The van der Waals surface area contributed by atoms with Gasteiger partial charge in [-0.3, -0.25) is 9.59 Å². The SMILES string of the molecule is NC(=O)C1CCN(C(=O)CN(C2CCCCC2)S(=O)(=O)c2ccccc2)CC1. The molecule has 1 aliphatic heterocycles. The van der Waals surface area contributed by atoms with E-state index in [0.29, 0.717) is 25.9 Å². The fraction of sp³-hybridized carbons (Fsp3) is 0.600. The molecule has 0 atom stereocenters. The zero-order valence-corrected chi connectivity index (χ0v) is 16.9. The van der Waals surface area contributed by atoms with Gasteiger partial charge in [0.05, 0.1) is 11.4 Å². The van der Waals surface area contributed by atoms with E-state index in [1.54, 1.807) is 35.2 Å². The van der Waals surface area contributed by atoms with Crippen molar-refractivity contribution < 1.29 is 18.0 Å². The number of piperidine rings is 1. The number of sulfonamides is 1. The number of amides is 2. The molecule has 7 nitrogen and oxygen atoms in total. The second kappa shape index (κ2) is 9.05. The molecule has 2 amide bonds. The fourth-order valence-corrected chi connectivity index (χ4v) is 5.81. The average molecular weight is 408 g/mol. The number of likely N-dealkylation sites (tertiary alicyclic amines) is 1. The van der Waals surface area contributed by atoms with E-state index in [1.165, 1.54) is 4.31 Å². The summed E-state index contributed by atoms with van der Waals surface area (Å²) in [5.74, 6) is -0.734. The first-order valence-electron chi connectivity index (χ1n) is 10.0. The van der Waals surface area contributed by atoms with Gasteiger partial charge in [0.15, 0.2) is 0 Å². The van der Waals surface area contributed by atoms with Gasteiger partial charge in [-0.2, -0.15) is 4.31 Å². The van der Waals surface area contributed by atoms with Gasteiger partial charge in [-0.25, -0.2) is 8.42 Å². The van der Waals surface area contributed by atoms with Gasteiger partial charge in [0.2, 0.25) is 21.8 Å². The largest absolute Gasteiger partial charge is 0.369 e. The molecule has 0 unspecified atom stereocenters. The summed E-state index contributed by atoms with van der Waals surface area (Å²) in [5.41, 5.74) is 5.36. The number of hydrogen-bond donors (Lipinski definition) is 1. The summed E-state index contributed by atoms with van der Waals surface area (Å²) in [6.45, 7) is 0.732. The van der Waals surface area contributed by atoms with E-state index in [-0.39, 0.29) is 35.2 Å². The number of nitrogens with zero attached hydrogens (tertiary/aromatic N) is 2. The van der Waals surface area contributed by atoms with Crippen molar-refractivity contribution in [1.29, 1.82) is 0 Å². The Bertz CT molecular complexity index is 783. The third kappa shape index (κ3) is 4.72. The maximum atomic E-state index is 13.3. The Morgan fingerprint density at radius 3 is 2.18 bits per heavy atom. The van der Waals surface area contributed by atoms with E-state index in [4.69, 9.17) is 5.73 Å². The molecule has 1 saturated carbocycles. The van der Waals surface area contributed by atoms with Crippen LogP contribution in [0.5, 0.6) is 0 Å². The Labute approximate surface area is 166 Å². The molecule has 8 heteroatoms. The van der Waals surface area contributed by atoms with E-state index in [0.717, 1.165) is 32.1 Å². The summed E-state index contributed by atoms with van der Waals surface area (Å²) < 4.78 is 28.0. The van der Waals surface area contributed by atoms with E-state index in [1.807, 2.05) is 0 Å². The summed E-state index contributed by atoms with van der Waals surface area (Å²) in [6, 6.07) is 8.18. The summed E-state index contributed by atoms with van der Waals surface area (Å²) >= 11 is 0. The summed E-state index contributed by atoms with van der Waals surface area (Å²) in [6.07, 6.45) is 5.69. The molecule has 0 bridgehead atoms. The van der Waals surface area contributed by atoms with Crippen molar-refractivity contribution in [1.82, 2.24) is 9.21 Å². The van der Waals surface area contributed by atoms with Gasteiger partial charge >= 0.3 is 0 Å². The highest BCUT2D eigenvalue weighted by Crippen LogP contribution is 2.28. The molecule has 2 N–H and O–H groups in total. The standard InChI is InChI=1S/C20H29N3O4S/c21-20(25)16-11-13-22(14-12-16)19(24)15-23(17-7-3-1-4-8-17)28(26,27)18-9-5-2-6-10-18/h2,5-6,9-10,16-17H,1,3-4,7-8,11-15H2,(H2,21,25). The van der Waals surface area contributed by atoms with Crippen LogP contribution in [0.1, 0.15) is 44.9 Å². The second-order valence-corrected chi connectivity index (χ2v) is 9.60. The summed E-state index contributed by atoms with van der Waals surface area (Å²) in [4.78, 5) is 26.1. The summed E-state index contributed by atoms with van der Waals surface area (Å²) in [7, 11) is -3.75. The molecule has 154 valence electrons. The quantitative estimate of drug-likeness (QED) is 0.776. The van der Waals surface area contributed by atoms with Crippen LogP contribution in [0.2, 0.25) is 0 Å². The molecule has 2 fully saturated rings. The predicted octanol–water partition coefficient (Wildman–Crippen LogP) is 1.73. The van der Waals surface area contributed by atoms with Gasteiger partial charge < -0.3 is 10.6 Å².